The van der Waals surface area contributed by atoms with Gasteiger partial charge in [0.2, 0.25) is 0 Å². The molecule has 0 aliphatic rings. The predicted octanol–water partition coefficient (Wildman–Crippen LogP) is 1.53. The molecule has 2 aromatic rings. The van der Waals surface area contributed by atoms with Crippen LogP contribution in [-0.2, 0) is 11.3 Å². The van der Waals surface area contributed by atoms with Gasteiger partial charge in [0, 0.05) is 11.5 Å². The fraction of sp³-hybridized carbons (Fsp3) is 0.222. The lowest BCUT2D eigenvalue weighted by Gasteiger charge is -1.97. The molecule has 0 amide bonds. The minimum Gasteiger partial charge on any atom is -0.467 e. The first-order valence-electron chi connectivity index (χ1n) is 4.46. The lowest BCUT2D eigenvalue weighted by Crippen LogP contribution is -1.99. The normalized spacial score (nSPS) is 10.1. The summed E-state index contributed by atoms with van der Waals surface area (Å²) in [4.78, 5) is 11.1. The number of hydrogen-bond donors (Lipinski definition) is 1. The van der Waals surface area contributed by atoms with Crippen LogP contribution in [0.3, 0.4) is 0 Å². The molecule has 0 unspecified atom stereocenters. The molecule has 0 saturated carbocycles. The average Bonchev–Trinajstić information content (AvgIpc) is 2.96. The minimum absolute atomic E-state index is 0.404. The van der Waals surface area contributed by atoms with Gasteiger partial charge in [-0.2, -0.15) is 0 Å². The highest BCUT2D eigenvalue weighted by atomic mass is 32.1. The van der Waals surface area contributed by atoms with Crippen molar-refractivity contribution in [2.24, 2.45) is 0 Å². The quantitative estimate of drug-likeness (QED) is 0.815. The first-order valence-corrected chi connectivity index (χ1v) is 5.24. The number of hydrogen-bond acceptors (Lipinski definition) is 7. The first kappa shape index (κ1) is 10.6. The molecule has 2 heterocycles. The second-order valence-electron chi connectivity index (χ2n) is 2.93. The molecule has 0 radical (unpaired) electrons. The van der Waals surface area contributed by atoms with E-state index >= 15 is 0 Å². The Morgan fingerprint density at radius 2 is 2.56 bits per heavy atom. The highest BCUT2D eigenvalue weighted by Gasteiger charge is 2.09. The number of nitrogens with one attached hydrogen (secondary N) is 1. The maximum absolute atomic E-state index is 11.1. The van der Waals surface area contributed by atoms with E-state index in [4.69, 9.17) is 4.42 Å². The number of rotatable bonds is 4. The molecular formula is C9H9N3O3S. The first-order chi connectivity index (χ1) is 7.79. The summed E-state index contributed by atoms with van der Waals surface area (Å²) in [5.74, 6) is 0.239. The van der Waals surface area contributed by atoms with E-state index in [0.717, 1.165) is 5.00 Å². The van der Waals surface area contributed by atoms with Gasteiger partial charge in [0.25, 0.3) is 0 Å². The van der Waals surface area contributed by atoms with Crippen molar-refractivity contribution in [2.75, 3.05) is 12.4 Å². The Balaban J connectivity index is 1.95. The highest BCUT2D eigenvalue weighted by Crippen LogP contribution is 2.13. The molecule has 0 fully saturated rings. The predicted molar refractivity (Wildman–Crippen MR) is 57.3 cm³/mol. The molecule has 0 bridgehead atoms. The smallest absolute Gasteiger partial charge is 0.341 e. The summed E-state index contributed by atoms with van der Waals surface area (Å²) in [5, 5.41) is 7.58. The van der Waals surface area contributed by atoms with Crippen LogP contribution in [0.2, 0.25) is 0 Å². The summed E-state index contributed by atoms with van der Waals surface area (Å²) < 4.78 is 13.5. The number of aromatic nitrogens is 2. The van der Waals surface area contributed by atoms with E-state index in [-0.39, 0.29) is 0 Å². The Morgan fingerprint density at radius 1 is 1.69 bits per heavy atom. The third-order valence-electron chi connectivity index (χ3n) is 1.87. The molecule has 16 heavy (non-hydrogen) atoms. The van der Waals surface area contributed by atoms with Gasteiger partial charge in [-0.3, -0.25) is 0 Å². The Hall–Kier alpha value is -1.89. The Morgan fingerprint density at radius 3 is 3.25 bits per heavy atom. The summed E-state index contributed by atoms with van der Waals surface area (Å²) in [6, 6.07) is 1.63. The van der Waals surface area contributed by atoms with Crippen LogP contribution in [0.5, 0.6) is 0 Å². The zero-order valence-corrected chi connectivity index (χ0v) is 9.28. The van der Waals surface area contributed by atoms with Crippen LogP contribution in [0.1, 0.15) is 16.1 Å². The molecule has 0 aliphatic heterocycles. The van der Waals surface area contributed by atoms with Gasteiger partial charge in [0.15, 0.2) is 0 Å². The molecule has 7 heteroatoms. The monoisotopic (exact) mass is 239 g/mol. The maximum atomic E-state index is 11.1. The van der Waals surface area contributed by atoms with Gasteiger partial charge in [-0.1, -0.05) is 4.49 Å². The fourth-order valence-electron chi connectivity index (χ4n) is 1.12. The van der Waals surface area contributed by atoms with Crippen LogP contribution < -0.4 is 5.32 Å². The SMILES string of the molecule is COC(=O)c1coc(CNc2cnns2)c1. The summed E-state index contributed by atoms with van der Waals surface area (Å²) in [5.41, 5.74) is 0.404. The molecular weight excluding hydrogens is 230 g/mol. The second kappa shape index (κ2) is 4.75. The molecule has 2 aromatic heterocycles. The van der Waals surface area contributed by atoms with Crippen LogP contribution >= 0.6 is 11.5 Å². The number of carbonyl (C=O) groups is 1. The van der Waals surface area contributed by atoms with E-state index in [9.17, 15) is 4.79 Å². The number of anilines is 1. The van der Waals surface area contributed by atoms with Gasteiger partial charge in [0.1, 0.15) is 17.0 Å². The van der Waals surface area contributed by atoms with Crippen molar-refractivity contribution in [1.82, 2.24) is 9.59 Å². The number of methoxy groups -OCH3 is 1. The fourth-order valence-corrected chi connectivity index (χ4v) is 1.53. The van der Waals surface area contributed by atoms with Crippen LogP contribution in [-0.4, -0.2) is 22.7 Å². The zero-order chi connectivity index (χ0) is 11.4. The molecule has 0 aromatic carbocycles. The summed E-state index contributed by atoms with van der Waals surface area (Å²) >= 11 is 1.25. The topological polar surface area (TPSA) is 77.2 Å². The Labute approximate surface area is 95.4 Å². The van der Waals surface area contributed by atoms with Crippen molar-refractivity contribution in [2.45, 2.75) is 6.54 Å². The Kier molecular flexibility index (Phi) is 3.16. The van der Waals surface area contributed by atoms with Crippen LogP contribution in [0.15, 0.2) is 22.9 Å². The van der Waals surface area contributed by atoms with Crippen molar-refractivity contribution in [1.29, 1.82) is 0 Å². The Bertz CT molecular complexity index is 466. The van der Waals surface area contributed by atoms with Crippen LogP contribution in [0.4, 0.5) is 5.00 Å². The molecule has 0 saturated heterocycles. The van der Waals surface area contributed by atoms with Gasteiger partial charge >= 0.3 is 5.97 Å². The number of esters is 1. The third-order valence-corrected chi connectivity index (χ3v) is 2.50. The van der Waals surface area contributed by atoms with Crippen molar-refractivity contribution in [3.8, 4) is 0 Å². The largest absolute Gasteiger partial charge is 0.467 e. The lowest BCUT2D eigenvalue weighted by molar-refractivity contribution is 0.0600. The highest BCUT2D eigenvalue weighted by molar-refractivity contribution is 7.09. The average molecular weight is 239 g/mol. The molecule has 0 atom stereocenters. The van der Waals surface area contributed by atoms with E-state index in [1.807, 2.05) is 0 Å². The van der Waals surface area contributed by atoms with E-state index < -0.39 is 5.97 Å². The number of nitrogens with zero attached hydrogens (tertiary/aromatic N) is 2. The number of carbonyl (C=O) groups excluding carboxylic acids is 1. The summed E-state index contributed by atoms with van der Waals surface area (Å²) in [6.07, 6.45) is 2.99. The number of furan rings is 1. The van der Waals surface area contributed by atoms with E-state index in [1.165, 1.54) is 24.9 Å². The minimum atomic E-state index is -0.408. The van der Waals surface area contributed by atoms with Crippen LogP contribution in [0.25, 0.3) is 0 Å². The van der Waals surface area contributed by atoms with Gasteiger partial charge in [0.05, 0.1) is 25.4 Å². The van der Waals surface area contributed by atoms with Crippen molar-refractivity contribution in [3.63, 3.8) is 0 Å². The van der Waals surface area contributed by atoms with E-state index in [1.54, 1.807) is 12.3 Å². The molecule has 0 aliphatic carbocycles. The molecule has 0 spiro atoms. The van der Waals surface area contributed by atoms with Crippen LogP contribution in [0, 0.1) is 0 Å². The van der Waals surface area contributed by atoms with Crippen molar-refractivity contribution < 1.29 is 13.9 Å². The maximum Gasteiger partial charge on any atom is 0.341 e. The standard InChI is InChI=1S/C9H9N3O3S/c1-14-9(13)6-2-7(15-5-6)3-10-8-4-11-12-16-8/h2,4-5,10H,3H2,1H3. The van der Waals surface area contributed by atoms with Gasteiger partial charge in [-0.05, 0) is 6.07 Å². The van der Waals surface area contributed by atoms with E-state index in [0.29, 0.717) is 17.9 Å². The summed E-state index contributed by atoms with van der Waals surface area (Å²) in [7, 11) is 1.33. The van der Waals surface area contributed by atoms with Crippen molar-refractivity contribution >= 4 is 22.5 Å². The van der Waals surface area contributed by atoms with Gasteiger partial charge in [-0.25, -0.2) is 4.79 Å². The molecule has 84 valence electrons. The summed E-state index contributed by atoms with van der Waals surface area (Å²) in [6.45, 7) is 0.473. The van der Waals surface area contributed by atoms with Gasteiger partial charge < -0.3 is 14.5 Å². The van der Waals surface area contributed by atoms with Crippen molar-refractivity contribution in [3.05, 3.63) is 29.9 Å². The third kappa shape index (κ3) is 2.37. The molecule has 1 N–H and O–H groups in total. The van der Waals surface area contributed by atoms with Gasteiger partial charge in [-0.15, -0.1) is 5.10 Å². The van der Waals surface area contributed by atoms with E-state index in [2.05, 4.69) is 19.6 Å². The zero-order valence-electron chi connectivity index (χ0n) is 8.47. The second-order valence-corrected chi connectivity index (χ2v) is 3.71. The lowest BCUT2D eigenvalue weighted by atomic mass is 10.3. The number of ether oxygens (including phenoxy) is 1. The molecule has 2 rings (SSSR count). The molecule has 6 nitrogen and oxygen atoms in total.